The summed E-state index contributed by atoms with van der Waals surface area (Å²) in [7, 11) is 1.24. The van der Waals surface area contributed by atoms with Gasteiger partial charge in [0.05, 0.1) is 7.11 Å². The van der Waals surface area contributed by atoms with E-state index in [1.54, 1.807) is 0 Å². The van der Waals surface area contributed by atoms with Gasteiger partial charge < -0.3 is 4.74 Å². The first-order chi connectivity index (χ1) is 7.34. The van der Waals surface area contributed by atoms with Crippen LogP contribution in [-0.2, 0) is 11.2 Å². The molecule has 7 heteroatoms. The second-order valence-corrected chi connectivity index (χ2v) is 3.29. The molecule has 0 aromatic carbocycles. The zero-order valence-corrected chi connectivity index (χ0v) is 8.89. The Morgan fingerprint density at radius 2 is 2.12 bits per heavy atom. The molecule has 0 N–H and O–H groups in total. The summed E-state index contributed by atoms with van der Waals surface area (Å²) in [4.78, 5) is 14.4. The second-order valence-electron chi connectivity index (χ2n) is 2.90. The van der Waals surface area contributed by atoms with Gasteiger partial charge in [-0.1, -0.05) is 17.7 Å². The number of ether oxygens (including phenoxy) is 1. The molecule has 0 aliphatic rings. The fraction of sp³-hybridized carbons (Fsp3) is 0.333. The number of halogens is 4. The third-order valence-corrected chi connectivity index (χ3v) is 1.98. The maximum Gasteiger partial charge on any atom is 0.450 e. The molecule has 1 heterocycles. The van der Waals surface area contributed by atoms with Crippen LogP contribution in [0.3, 0.4) is 0 Å². The van der Waals surface area contributed by atoms with Gasteiger partial charge in [0.1, 0.15) is 5.15 Å². The van der Waals surface area contributed by atoms with Crippen LogP contribution < -0.4 is 4.74 Å². The number of aromatic nitrogens is 1. The molecule has 3 nitrogen and oxygen atoms in total. The SMILES string of the molecule is COc1nc(Cl)ccc1CC(=O)C(F)(F)F. The number of methoxy groups -OCH3 is 1. The summed E-state index contributed by atoms with van der Waals surface area (Å²) >= 11 is 5.52. The van der Waals surface area contributed by atoms with Crippen molar-refractivity contribution in [2.45, 2.75) is 12.6 Å². The quantitative estimate of drug-likeness (QED) is 0.777. The molecule has 0 atom stereocenters. The molecule has 16 heavy (non-hydrogen) atoms. The van der Waals surface area contributed by atoms with Crippen molar-refractivity contribution in [3.63, 3.8) is 0 Å². The van der Waals surface area contributed by atoms with Gasteiger partial charge >= 0.3 is 6.18 Å². The van der Waals surface area contributed by atoms with Crippen LogP contribution in [0, 0.1) is 0 Å². The van der Waals surface area contributed by atoms with Crippen LogP contribution in [0.15, 0.2) is 12.1 Å². The van der Waals surface area contributed by atoms with E-state index in [0.717, 1.165) is 0 Å². The molecule has 1 aromatic rings. The number of alkyl halides is 3. The van der Waals surface area contributed by atoms with E-state index in [1.807, 2.05) is 0 Å². The predicted molar refractivity (Wildman–Crippen MR) is 50.6 cm³/mol. The molecule has 88 valence electrons. The Kier molecular flexibility index (Phi) is 3.74. The lowest BCUT2D eigenvalue weighted by atomic mass is 10.1. The van der Waals surface area contributed by atoms with E-state index in [9.17, 15) is 18.0 Å². The number of pyridine rings is 1. The minimum absolute atomic E-state index is 0.0502. The van der Waals surface area contributed by atoms with Gasteiger partial charge in [0.2, 0.25) is 11.7 Å². The van der Waals surface area contributed by atoms with Gasteiger partial charge in [-0.05, 0) is 6.07 Å². The van der Waals surface area contributed by atoms with Crippen molar-refractivity contribution < 1.29 is 22.7 Å². The molecule has 0 amide bonds. The molecule has 0 bridgehead atoms. The molecule has 0 radical (unpaired) electrons. The van der Waals surface area contributed by atoms with Crippen molar-refractivity contribution in [2.75, 3.05) is 7.11 Å². The minimum Gasteiger partial charge on any atom is -0.481 e. The third-order valence-electron chi connectivity index (χ3n) is 1.77. The van der Waals surface area contributed by atoms with E-state index >= 15 is 0 Å². The standard InChI is InChI=1S/C9H7ClF3NO2/c1-16-8-5(2-3-7(10)14-8)4-6(15)9(11,12)13/h2-3H,4H2,1H3. The van der Waals surface area contributed by atoms with Crippen LogP contribution in [-0.4, -0.2) is 24.1 Å². The Labute approximate surface area is 94.2 Å². The topological polar surface area (TPSA) is 39.2 Å². The normalized spacial score (nSPS) is 11.3. The summed E-state index contributed by atoms with van der Waals surface area (Å²) in [5.41, 5.74) is 0.0502. The summed E-state index contributed by atoms with van der Waals surface area (Å²) in [6.07, 6.45) is -5.67. The van der Waals surface area contributed by atoms with Crippen LogP contribution in [0.5, 0.6) is 5.88 Å². The van der Waals surface area contributed by atoms with E-state index < -0.39 is 18.4 Å². The van der Waals surface area contributed by atoms with Crippen LogP contribution in [0.2, 0.25) is 5.15 Å². The van der Waals surface area contributed by atoms with E-state index in [2.05, 4.69) is 4.98 Å². The van der Waals surface area contributed by atoms with Crippen molar-refractivity contribution >= 4 is 17.4 Å². The average molecular weight is 254 g/mol. The lowest BCUT2D eigenvalue weighted by Crippen LogP contribution is -2.24. The number of carbonyl (C=O) groups is 1. The summed E-state index contributed by atoms with van der Waals surface area (Å²) in [6.45, 7) is 0. The van der Waals surface area contributed by atoms with Gasteiger partial charge in [0, 0.05) is 12.0 Å². The molecule has 1 rings (SSSR count). The van der Waals surface area contributed by atoms with Crippen LogP contribution in [0.4, 0.5) is 13.2 Å². The highest BCUT2D eigenvalue weighted by Crippen LogP contribution is 2.23. The molecule has 1 aromatic heterocycles. The lowest BCUT2D eigenvalue weighted by Gasteiger charge is -2.08. The number of hydrogen-bond donors (Lipinski definition) is 0. The summed E-state index contributed by atoms with van der Waals surface area (Å²) in [5, 5.41) is 0.0834. The highest BCUT2D eigenvalue weighted by molar-refractivity contribution is 6.29. The number of Topliss-reactive ketones (excluding diaryl/α,β-unsaturated/α-hetero) is 1. The van der Waals surface area contributed by atoms with Crippen molar-refractivity contribution in [1.82, 2.24) is 4.98 Å². The fourth-order valence-electron chi connectivity index (χ4n) is 1.03. The Morgan fingerprint density at radius 3 is 2.62 bits per heavy atom. The first kappa shape index (κ1) is 12.8. The third kappa shape index (κ3) is 3.10. The Hall–Kier alpha value is -1.30. The fourth-order valence-corrected chi connectivity index (χ4v) is 1.17. The van der Waals surface area contributed by atoms with Gasteiger partial charge in [-0.2, -0.15) is 13.2 Å². The zero-order chi connectivity index (χ0) is 12.3. The van der Waals surface area contributed by atoms with Crippen molar-refractivity contribution in [2.24, 2.45) is 0 Å². The highest BCUT2D eigenvalue weighted by atomic mass is 35.5. The molecule has 0 aliphatic heterocycles. The molecular formula is C9H7ClF3NO2. The highest BCUT2D eigenvalue weighted by Gasteiger charge is 2.38. The van der Waals surface area contributed by atoms with Gasteiger partial charge in [0.25, 0.3) is 0 Å². The van der Waals surface area contributed by atoms with Crippen molar-refractivity contribution in [1.29, 1.82) is 0 Å². The molecule has 0 saturated heterocycles. The summed E-state index contributed by atoms with van der Waals surface area (Å²) < 4.78 is 40.8. The van der Waals surface area contributed by atoms with Crippen LogP contribution in [0.1, 0.15) is 5.56 Å². The summed E-state index contributed by atoms with van der Waals surface area (Å²) in [6, 6.07) is 2.57. The van der Waals surface area contributed by atoms with Crippen molar-refractivity contribution in [3.05, 3.63) is 22.8 Å². The minimum atomic E-state index is -4.86. The number of ketones is 1. The van der Waals surface area contributed by atoms with Gasteiger partial charge in [-0.25, -0.2) is 4.98 Å². The number of nitrogens with zero attached hydrogens (tertiary/aromatic N) is 1. The number of hydrogen-bond acceptors (Lipinski definition) is 3. The van der Waals surface area contributed by atoms with E-state index in [0.29, 0.717) is 0 Å². The summed E-state index contributed by atoms with van der Waals surface area (Å²) in [5.74, 6) is -1.93. The molecule has 0 aliphatic carbocycles. The first-order valence-corrected chi connectivity index (χ1v) is 4.52. The smallest absolute Gasteiger partial charge is 0.450 e. The lowest BCUT2D eigenvalue weighted by molar-refractivity contribution is -0.170. The maximum absolute atomic E-state index is 12.0. The largest absolute Gasteiger partial charge is 0.481 e. The van der Waals surface area contributed by atoms with Crippen LogP contribution in [0.25, 0.3) is 0 Å². The molecule has 0 fully saturated rings. The maximum atomic E-state index is 12.0. The predicted octanol–water partition coefficient (Wildman–Crippen LogP) is 2.42. The molecule has 0 unspecified atom stereocenters. The average Bonchev–Trinajstić information content (AvgIpc) is 2.19. The van der Waals surface area contributed by atoms with Gasteiger partial charge in [-0.15, -0.1) is 0 Å². The molecular weight excluding hydrogens is 247 g/mol. The van der Waals surface area contributed by atoms with E-state index in [-0.39, 0.29) is 16.6 Å². The van der Waals surface area contributed by atoms with Crippen molar-refractivity contribution in [3.8, 4) is 5.88 Å². The number of rotatable bonds is 3. The van der Waals surface area contributed by atoms with E-state index in [4.69, 9.17) is 16.3 Å². The van der Waals surface area contributed by atoms with E-state index in [1.165, 1.54) is 19.2 Å². The van der Waals surface area contributed by atoms with Crippen LogP contribution >= 0.6 is 11.6 Å². The Bertz CT molecular complexity index is 406. The number of carbonyl (C=O) groups excluding carboxylic acids is 1. The zero-order valence-electron chi connectivity index (χ0n) is 8.14. The second kappa shape index (κ2) is 4.69. The first-order valence-electron chi connectivity index (χ1n) is 4.14. The van der Waals surface area contributed by atoms with Gasteiger partial charge in [-0.3, -0.25) is 4.79 Å². The van der Waals surface area contributed by atoms with Gasteiger partial charge in [0.15, 0.2) is 0 Å². The Morgan fingerprint density at radius 1 is 1.50 bits per heavy atom. The monoisotopic (exact) mass is 253 g/mol. The molecule has 0 saturated carbocycles. The Balaban J connectivity index is 2.93. The molecule has 0 spiro atoms.